The van der Waals surface area contributed by atoms with Gasteiger partial charge in [0.05, 0.1) is 0 Å². The predicted molar refractivity (Wildman–Crippen MR) is 110 cm³/mol. The highest BCUT2D eigenvalue weighted by atomic mass is 127. The van der Waals surface area contributed by atoms with E-state index in [1.165, 1.54) is 6.07 Å². The van der Waals surface area contributed by atoms with E-state index in [4.69, 9.17) is 0 Å². The van der Waals surface area contributed by atoms with Gasteiger partial charge in [0.1, 0.15) is 5.82 Å². The molecular weight excluding hydrogens is 434 g/mol. The van der Waals surface area contributed by atoms with Crippen LogP contribution in [0.3, 0.4) is 0 Å². The van der Waals surface area contributed by atoms with E-state index < -0.39 is 0 Å². The molecule has 3 N–H and O–H groups in total. The average Bonchev–Trinajstić information content (AvgIpc) is 3.35. The normalized spacial score (nSPS) is 15.3. The molecule has 2 rings (SSSR count). The summed E-state index contributed by atoms with van der Waals surface area (Å²) >= 11 is 0. The maximum absolute atomic E-state index is 13.4. The first kappa shape index (κ1) is 21.7. The summed E-state index contributed by atoms with van der Waals surface area (Å²) in [5.41, 5.74) is 1.04. The second-order valence-electron chi connectivity index (χ2n) is 6.59. The van der Waals surface area contributed by atoms with Crippen LogP contribution >= 0.6 is 24.0 Å². The summed E-state index contributed by atoms with van der Waals surface area (Å²) in [5, 5.41) is 9.33. The highest BCUT2D eigenvalue weighted by Gasteiger charge is 2.44. The minimum absolute atomic E-state index is 0. The number of nitrogens with one attached hydrogen (secondary N) is 3. The van der Waals surface area contributed by atoms with Crippen LogP contribution in [-0.4, -0.2) is 38.5 Å². The molecule has 0 bridgehead atoms. The van der Waals surface area contributed by atoms with Gasteiger partial charge in [0.15, 0.2) is 5.96 Å². The Kier molecular flexibility index (Phi) is 8.61. The fourth-order valence-electron chi connectivity index (χ4n) is 2.58. The molecule has 25 heavy (non-hydrogen) atoms. The van der Waals surface area contributed by atoms with E-state index in [1.54, 1.807) is 19.2 Å². The number of carbonyl (C=O) groups excluding carboxylic acids is 1. The van der Waals surface area contributed by atoms with E-state index in [1.807, 2.05) is 19.9 Å². The molecule has 0 saturated heterocycles. The Balaban J connectivity index is 0.00000312. The van der Waals surface area contributed by atoms with Gasteiger partial charge in [-0.3, -0.25) is 9.79 Å². The first-order valence-electron chi connectivity index (χ1n) is 8.45. The zero-order valence-corrected chi connectivity index (χ0v) is 17.4. The van der Waals surface area contributed by atoms with Gasteiger partial charge in [-0.2, -0.15) is 0 Å². The summed E-state index contributed by atoms with van der Waals surface area (Å²) in [6.07, 6.45) is 2.09. The lowest BCUT2D eigenvalue weighted by atomic mass is 9.96. The molecule has 0 radical (unpaired) electrons. The molecule has 0 atom stereocenters. The van der Waals surface area contributed by atoms with Gasteiger partial charge >= 0.3 is 0 Å². The van der Waals surface area contributed by atoms with Crippen molar-refractivity contribution in [1.29, 1.82) is 0 Å². The van der Waals surface area contributed by atoms with Crippen LogP contribution in [0.15, 0.2) is 29.3 Å². The van der Waals surface area contributed by atoms with E-state index >= 15 is 0 Å². The zero-order chi connectivity index (χ0) is 17.6. The molecule has 5 nitrogen and oxygen atoms in total. The summed E-state index contributed by atoms with van der Waals surface area (Å²) in [5.74, 6) is 0.532. The van der Waals surface area contributed by atoms with Crippen molar-refractivity contribution >= 4 is 35.8 Å². The molecule has 1 aliphatic carbocycles. The highest BCUT2D eigenvalue weighted by Crippen LogP contribution is 2.47. The standard InChI is InChI=1S/C18H27FN4O.HI/c1-13(2)16(24)21-9-10-22-17(20-3)23-12-18(7-8-18)14-5-4-6-15(19)11-14;/h4-6,11,13H,7-10,12H2,1-3H3,(H,21,24)(H2,20,22,23);1H. The van der Waals surface area contributed by atoms with Crippen LogP contribution in [0.4, 0.5) is 4.39 Å². The second kappa shape index (κ2) is 9.94. The molecule has 1 aromatic carbocycles. The average molecular weight is 462 g/mol. The number of nitrogens with zero attached hydrogens (tertiary/aromatic N) is 1. The largest absolute Gasteiger partial charge is 0.356 e. The number of hydrogen-bond acceptors (Lipinski definition) is 2. The lowest BCUT2D eigenvalue weighted by molar-refractivity contribution is -0.123. The van der Waals surface area contributed by atoms with E-state index in [0.29, 0.717) is 25.6 Å². The van der Waals surface area contributed by atoms with Gasteiger partial charge in [0, 0.05) is 38.0 Å². The van der Waals surface area contributed by atoms with E-state index in [0.717, 1.165) is 18.4 Å². The third kappa shape index (κ3) is 6.45. The number of aliphatic imine (C=N–C) groups is 1. The third-order valence-corrected chi connectivity index (χ3v) is 4.35. The Morgan fingerprint density at radius 1 is 1.24 bits per heavy atom. The van der Waals surface area contributed by atoms with Crippen molar-refractivity contribution in [3.8, 4) is 0 Å². The highest BCUT2D eigenvalue weighted by molar-refractivity contribution is 14.0. The van der Waals surface area contributed by atoms with Crippen molar-refractivity contribution in [3.63, 3.8) is 0 Å². The predicted octanol–water partition coefficient (Wildman–Crippen LogP) is 2.41. The number of benzene rings is 1. The second-order valence-corrected chi connectivity index (χ2v) is 6.59. The number of carbonyl (C=O) groups is 1. The Morgan fingerprint density at radius 2 is 1.92 bits per heavy atom. The van der Waals surface area contributed by atoms with Crippen LogP contribution in [-0.2, 0) is 10.2 Å². The monoisotopic (exact) mass is 462 g/mol. The molecule has 7 heteroatoms. The van der Waals surface area contributed by atoms with Crippen LogP contribution < -0.4 is 16.0 Å². The van der Waals surface area contributed by atoms with Crippen LogP contribution in [0, 0.1) is 11.7 Å². The van der Waals surface area contributed by atoms with Gasteiger partial charge in [0.25, 0.3) is 0 Å². The first-order chi connectivity index (χ1) is 11.5. The lowest BCUT2D eigenvalue weighted by Gasteiger charge is -2.19. The molecule has 1 saturated carbocycles. The number of guanidine groups is 1. The molecule has 0 unspecified atom stereocenters. The van der Waals surface area contributed by atoms with Crippen molar-refractivity contribution in [2.45, 2.75) is 32.1 Å². The number of hydrogen-bond donors (Lipinski definition) is 3. The Hall–Kier alpha value is -1.38. The minimum Gasteiger partial charge on any atom is -0.356 e. The van der Waals surface area contributed by atoms with Crippen LogP contribution in [0.1, 0.15) is 32.3 Å². The summed E-state index contributed by atoms with van der Waals surface area (Å²) in [6, 6.07) is 6.83. The van der Waals surface area contributed by atoms with Crippen molar-refractivity contribution < 1.29 is 9.18 Å². The van der Waals surface area contributed by atoms with Gasteiger partial charge < -0.3 is 16.0 Å². The van der Waals surface area contributed by atoms with Crippen molar-refractivity contribution in [2.75, 3.05) is 26.7 Å². The van der Waals surface area contributed by atoms with Crippen molar-refractivity contribution in [3.05, 3.63) is 35.6 Å². The first-order valence-corrected chi connectivity index (χ1v) is 8.45. The quantitative estimate of drug-likeness (QED) is 0.253. The summed E-state index contributed by atoms with van der Waals surface area (Å²) in [7, 11) is 1.71. The third-order valence-electron chi connectivity index (χ3n) is 4.35. The molecule has 0 heterocycles. The molecule has 1 fully saturated rings. The molecule has 0 spiro atoms. The Labute approximate surface area is 166 Å². The van der Waals surface area contributed by atoms with E-state index in [2.05, 4.69) is 20.9 Å². The van der Waals surface area contributed by atoms with Crippen molar-refractivity contribution in [2.24, 2.45) is 10.9 Å². The molecule has 140 valence electrons. The van der Waals surface area contributed by atoms with Crippen LogP contribution in [0.2, 0.25) is 0 Å². The zero-order valence-electron chi connectivity index (χ0n) is 15.1. The number of amides is 1. The van der Waals surface area contributed by atoms with Gasteiger partial charge in [-0.1, -0.05) is 26.0 Å². The fraction of sp³-hybridized carbons (Fsp3) is 0.556. The van der Waals surface area contributed by atoms with Crippen LogP contribution in [0.5, 0.6) is 0 Å². The molecular formula is C18H28FIN4O. The molecule has 1 aliphatic rings. The summed E-state index contributed by atoms with van der Waals surface area (Å²) < 4.78 is 13.4. The molecule has 1 amide bonds. The molecule has 0 aliphatic heterocycles. The maximum Gasteiger partial charge on any atom is 0.222 e. The Morgan fingerprint density at radius 3 is 2.48 bits per heavy atom. The number of halogens is 2. The number of rotatable bonds is 7. The van der Waals surface area contributed by atoms with Gasteiger partial charge in [-0.05, 0) is 30.5 Å². The topological polar surface area (TPSA) is 65.5 Å². The maximum atomic E-state index is 13.4. The minimum atomic E-state index is -0.192. The Bertz CT molecular complexity index is 602. The van der Waals surface area contributed by atoms with E-state index in [9.17, 15) is 9.18 Å². The summed E-state index contributed by atoms with van der Waals surface area (Å²) in [6.45, 7) is 5.60. The van der Waals surface area contributed by atoms with Crippen molar-refractivity contribution in [1.82, 2.24) is 16.0 Å². The molecule has 1 aromatic rings. The van der Waals surface area contributed by atoms with Gasteiger partial charge in [0.2, 0.25) is 5.91 Å². The van der Waals surface area contributed by atoms with Gasteiger partial charge in [-0.25, -0.2) is 4.39 Å². The lowest BCUT2D eigenvalue weighted by Crippen LogP contribution is -2.44. The van der Waals surface area contributed by atoms with E-state index in [-0.39, 0.29) is 47.0 Å². The van der Waals surface area contributed by atoms with Crippen LogP contribution in [0.25, 0.3) is 0 Å². The van der Waals surface area contributed by atoms with Gasteiger partial charge in [-0.15, -0.1) is 24.0 Å². The fourth-order valence-corrected chi connectivity index (χ4v) is 2.58. The molecule has 0 aromatic heterocycles. The SMILES string of the molecule is CN=C(NCCNC(=O)C(C)C)NCC1(c2cccc(F)c2)CC1.I. The summed E-state index contributed by atoms with van der Waals surface area (Å²) in [4.78, 5) is 15.7. The smallest absolute Gasteiger partial charge is 0.222 e.